The van der Waals surface area contributed by atoms with Crippen molar-refractivity contribution in [3.8, 4) is 0 Å². The van der Waals surface area contributed by atoms with E-state index in [0.717, 1.165) is 4.31 Å². The topological polar surface area (TPSA) is 114 Å². The smallest absolute Gasteiger partial charge is 0.283 e. The summed E-state index contributed by atoms with van der Waals surface area (Å²) < 4.78 is 27.5. The van der Waals surface area contributed by atoms with Gasteiger partial charge in [-0.1, -0.05) is 17.3 Å². The molecule has 1 heterocycles. The number of anilines is 1. The minimum Gasteiger partial charge on any atom is -0.409 e. The number of aryl methyl sites for hydroxylation is 1. The normalized spacial score (nSPS) is 12.4. The molecule has 0 unspecified atom stereocenters. The molecular weight excluding hydrogens is 294 g/mol. The highest BCUT2D eigenvalue weighted by Gasteiger charge is 2.24. The van der Waals surface area contributed by atoms with E-state index < -0.39 is 10.0 Å². The van der Waals surface area contributed by atoms with Gasteiger partial charge in [0.05, 0.1) is 12.0 Å². The Kier molecular flexibility index (Phi) is 3.85. The summed E-state index contributed by atoms with van der Waals surface area (Å²) in [5.41, 5.74) is 6.30. The van der Waals surface area contributed by atoms with Crippen molar-refractivity contribution >= 4 is 21.5 Å². The Morgan fingerprint density at radius 3 is 2.76 bits per heavy atom. The summed E-state index contributed by atoms with van der Waals surface area (Å²) in [5.74, 6) is -0.0968. The van der Waals surface area contributed by atoms with Gasteiger partial charge in [0.1, 0.15) is 0 Å². The lowest BCUT2D eigenvalue weighted by Gasteiger charge is -2.18. The summed E-state index contributed by atoms with van der Waals surface area (Å²) in [6.45, 7) is 0. The standard InChI is InChI=1S/C12H15N5O3S/c1-16-7-11(14-8-16)21(19,20)17(2)10-5-3-4-9(6-10)12(13)15-18/h3-8,18H,1-2H3,(H2,13,15). The first-order chi connectivity index (χ1) is 9.86. The summed E-state index contributed by atoms with van der Waals surface area (Å²) in [6, 6.07) is 6.34. The molecule has 1 aromatic carbocycles. The second-order valence-electron chi connectivity index (χ2n) is 4.39. The van der Waals surface area contributed by atoms with Gasteiger partial charge in [-0.2, -0.15) is 8.42 Å². The van der Waals surface area contributed by atoms with Crippen molar-refractivity contribution in [2.24, 2.45) is 17.9 Å². The Hall–Kier alpha value is -2.55. The summed E-state index contributed by atoms with van der Waals surface area (Å²) in [7, 11) is -0.665. The molecular formula is C12H15N5O3S. The van der Waals surface area contributed by atoms with E-state index in [-0.39, 0.29) is 10.9 Å². The van der Waals surface area contributed by atoms with Crippen molar-refractivity contribution in [3.63, 3.8) is 0 Å². The largest absolute Gasteiger partial charge is 0.409 e. The van der Waals surface area contributed by atoms with E-state index in [1.807, 2.05) is 0 Å². The number of aromatic nitrogens is 2. The highest BCUT2D eigenvalue weighted by molar-refractivity contribution is 7.92. The summed E-state index contributed by atoms with van der Waals surface area (Å²) >= 11 is 0. The molecule has 0 atom stereocenters. The van der Waals surface area contributed by atoms with E-state index in [1.165, 1.54) is 25.6 Å². The van der Waals surface area contributed by atoms with Gasteiger partial charge in [-0.15, -0.1) is 0 Å². The fourth-order valence-corrected chi connectivity index (χ4v) is 2.87. The Morgan fingerprint density at radius 2 is 2.19 bits per heavy atom. The van der Waals surface area contributed by atoms with Crippen LogP contribution in [-0.4, -0.2) is 36.1 Å². The maximum Gasteiger partial charge on any atom is 0.283 e. The van der Waals surface area contributed by atoms with E-state index in [0.29, 0.717) is 11.3 Å². The summed E-state index contributed by atoms with van der Waals surface area (Å²) in [4.78, 5) is 3.85. The number of nitrogens with zero attached hydrogens (tertiary/aromatic N) is 4. The minimum atomic E-state index is -3.76. The molecule has 1 aromatic heterocycles. The van der Waals surface area contributed by atoms with Gasteiger partial charge in [-0.05, 0) is 12.1 Å². The molecule has 0 aliphatic heterocycles. The van der Waals surface area contributed by atoms with E-state index in [9.17, 15) is 8.42 Å². The van der Waals surface area contributed by atoms with Crippen molar-refractivity contribution < 1.29 is 13.6 Å². The van der Waals surface area contributed by atoms with Crippen molar-refractivity contribution in [2.75, 3.05) is 11.4 Å². The molecule has 0 aliphatic rings. The number of oxime groups is 1. The molecule has 2 rings (SSSR count). The van der Waals surface area contributed by atoms with Crippen LogP contribution in [0.25, 0.3) is 0 Å². The van der Waals surface area contributed by atoms with Crippen molar-refractivity contribution in [1.82, 2.24) is 9.55 Å². The zero-order valence-corrected chi connectivity index (χ0v) is 12.3. The van der Waals surface area contributed by atoms with Crippen LogP contribution >= 0.6 is 0 Å². The van der Waals surface area contributed by atoms with Crippen LogP contribution in [0.4, 0.5) is 5.69 Å². The first kappa shape index (κ1) is 14.9. The second-order valence-corrected chi connectivity index (χ2v) is 6.30. The molecule has 9 heteroatoms. The SMILES string of the molecule is CN(c1cccc(C(N)=NO)c1)S(=O)(=O)c1cn(C)cn1. The number of imidazole rings is 1. The first-order valence-corrected chi connectivity index (χ1v) is 7.35. The molecule has 8 nitrogen and oxygen atoms in total. The fourth-order valence-electron chi connectivity index (χ4n) is 1.72. The van der Waals surface area contributed by atoms with Crippen molar-refractivity contribution in [1.29, 1.82) is 0 Å². The monoisotopic (exact) mass is 309 g/mol. The molecule has 0 bridgehead atoms. The highest BCUT2D eigenvalue weighted by Crippen LogP contribution is 2.21. The molecule has 0 saturated heterocycles. The Balaban J connectivity index is 2.42. The van der Waals surface area contributed by atoms with Gasteiger partial charge in [0.15, 0.2) is 10.9 Å². The number of sulfonamides is 1. The molecule has 112 valence electrons. The van der Waals surface area contributed by atoms with Gasteiger partial charge in [-0.25, -0.2) is 4.98 Å². The lowest BCUT2D eigenvalue weighted by atomic mass is 10.2. The molecule has 21 heavy (non-hydrogen) atoms. The number of hydrogen-bond donors (Lipinski definition) is 2. The molecule has 0 fully saturated rings. The first-order valence-electron chi connectivity index (χ1n) is 5.91. The van der Waals surface area contributed by atoms with Gasteiger partial charge in [0.25, 0.3) is 10.0 Å². The van der Waals surface area contributed by atoms with Gasteiger partial charge in [0.2, 0.25) is 0 Å². The number of benzene rings is 1. The highest BCUT2D eigenvalue weighted by atomic mass is 32.2. The van der Waals surface area contributed by atoms with Crippen LogP contribution in [0.2, 0.25) is 0 Å². The molecule has 0 amide bonds. The lowest BCUT2D eigenvalue weighted by molar-refractivity contribution is 0.318. The van der Waals surface area contributed by atoms with Crippen molar-refractivity contribution in [3.05, 3.63) is 42.4 Å². The predicted octanol–water partition coefficient (Wildman–Crippen LogP) is 0.340. The van der Waals surface area contributed by atoms with Crippen LogP contribution in [0.3, 0.4) is 0 Å². The van der Waals surface area contributed by atoms with Gasteiger partial charge in [0, 0.05) is 25.9 Å². The lowest BCUT2D eigenvalue weighted by Crippen LogP contribution is -2.27. The summed E-state index contributed by atoms with van der Waals surface area (Å²) in [6.07, 6.45) is 2.83. The van der Waals surface area contributed by atoms with Gasteiger partial charge < -0.3 is 15.5 Å². The third-order valence-electron chi connectivity index (χ3n) is 2.92. The molecule has 3 N–H and O–H groups in total. The maximum absolute atomic E-state index is 12.4. The average Bonchev–Trinajstić information content (AvgIpc) is 2.93. The number of nitrogens with two attached hydrogens (primary N) is 1. The average molecular weight is 309 g/mol. The maximum atomic E-state index is 12.4. The van der Waals surface area contributed by atoms with Gasteiger partial charge >= 0.3 is 0 Å². The number of hydrogen-bond acceptors (Lipinski definition) is 5. The van der Waals surface area contributed by atoms with E-state index in [2.05, 4.69) is 10.1 Å². The quantitative estimate of drug-likeness (QED) is 0.366. The van der Waals surface area contributed by atoms with Crippen LogP contribution in [0.5, 0.6) is 0 Å². The molecule has 0 radical (unpaired) electrons. The van der Waals surface area contributed by atoms with E-state index in [1.54, 1.807) is 29.8 Å². The van der Waals surface area contributed by atoms with E-state index in [4.69, 9.17) is 10.9 Å². The zero-order chi connectivity index (χ0) is 15.6. The second kappa shape index (κ2) is 5.44. The predicted molar refractivity (Wildman–Crippen MR) is 77.7 cm³/mol. The third kappa shape index (κ3) is 2.82. The zero-order valence-electron chi connectivity index (χ0n) is 11.5. The number of rotatable bonds is 4. The van der Waals surface area contributed by atoms with Crippen molar-refractivity contribution in [2.45, 2.75) is 5.03 Å². The summed E-state index contributed by atoms with van der Waals surface area (Å²) in [5, 5.41) is 11.5. The van der Waals surface area contributed by atoms with Crippen LogP contribution < -0.4 is 10.0 Å². The molecule has 0 spiro atoms. The minimum absolute atomic E-state index is 0.0540. The fraction of sp³-hybridized carbons (Fsp3) is 0.167. The molecule has 0 aliphatic carbocycles. The van der Waals surface area contributed by atoms with Gasteiger partial charge in [-0.3, -0.25) is 4.31 Å². The van der Waals surface area contributed by atoms with Crippen LogP contribution in [-0.2, 0) is 17.1 Å². The van der Waals surface area contributed by atoms with Crippen LogP contribution in [0, 0.1) is 0 Å². The number of amidine groups is 1. The third-order valence-corrected chi connectivity index (χ3v) is 4.59. The molecule has 0 saturated carbocycles. The van der Waals surface area contributed by atoms with Crippen LogP contribution in [0.1, 0.15) is 5.56 Å². The van der Waals surface area contributed by atoms with E-state index >= 15 is 0 Å². The molecule has 2 aromatic rings. The Labute approximate surface area is 122 Å². The Bertz CT molecular complexity index is 782. The Morgan fingerprint density at radius 1 is 1.48 bits per heavy atom. The van der Waals surface area contributed by atoms with Crippen LogP contribution in [0.15, 0.2) is 47.0 Å².